The lowest BCUT2D eigenvalue weighted by molar-refractivity contribution is 0.568. The molecule has 12 aromatic carbocycles. The maximum Gasteiger partial charge on any atom is 0.252 e. The Morgan fingerprint density at radius 2 is 0.690 bits per heavy atom. The Hall–Kier alpha value is -8.86. The van der Waals surface area contributed by atoms with Crippen LogP contribution in [0.15, 0.2) is 218 Å². The van der Waals surface area contributed by atoms with Crippen molar-refractivity contribution in [2.45, 2.75) is 105 Å². The third-order valence-corrected chi connectivity index (χ3v) is 18.6. The van der Waals surface area contributed by atoms with E-state index in [0.29, 0.717) is 0 Å². The summed E-state index contributed by atoms with van der Waals surface area (Å²) in [6, 6.07) is 84.6. The van der Waals surface area contributed by atoms with Gasteiger partial charge in [-0.25, -0.2) is 0 Å². The number of anilines is 6. The van der Waals surface area contributed by atoms with E-state index in [2.05, 4.69) is 316 Å². The Morgan fingerprint density at radius 3 is 1.13 bits per heavy atom. The van der Waals surface area contributed by atoms with E-state index < -0.39 is 0 Å². The molecule has 0 amide bonds. The zero-order valence-electron chi connectivity index (χ0n) is 50.7. The molecule has 0 aliphatic carbocycles. The van der Waals surface area contributed by atoms with Gasteiger partial charge in [0.05, 0.1) is 11.0 Å². The summed E-state index contributed by atoms with van der Waals surface area (Å²) in [5, 5.41) is 12.4. The summed E-state index contributed by atoms with van der Waals surface area (Å²) in [4.78, 5) is 5.37. The van der Waals surface area contributed by atoms with Crippen molar-refractivity contribution < 1.29 is 0 Å². The molecule has 0 fully saturated rings. The van der Waals surface area contributed by atoms with E-state index in [-0.39, 0.29) is 28.4 Å². The molecule has 2 aliphatic rings. The fourth-order valence-corrected chi connectivity index (χ4v) is 13.9. The van der Waals surface area contributed by atoms with Gasteiger partial charge >= 0.3 is 0 Å². The van der Waals surface area contributed by atoms with E-state index >= 15 is 0 Å². The normalized spacial score (nSPS) is 13.6. The van der Waals surface area contributed by atoms with Crippen LogP contribution < -0.4 is 26.2 Å². The predicted octanol–water partition coefficient (Wildman–Crippen LogP) is 20.3. The third-order valence-electron chi connectivity index (χ3n) is 18.6. The van der Waals surface area contributed by atoms with Crippen LogP contribution in [0.3, 0.4) is 0 Å². The summed E-state index contributed by atoms with van der Waals surface area (Å²) in [5.41, 5.74) is 21.9. The molecule has 0 radical (unpaired) electrons. The van der Waals surface area contributed by atoms with Crippen LogP contribution in [0.2, 0.25) is 0 Å². The average molecular weight is 1090 g/mol. The molecule has 1 aromatic heterocycles. The van der Waals surface area contributed by atoms with E-state index in [0.717, 1.165) is 5.69 Å². The van der Waals surface area contributed by atoms with Gasteiger partial charge < -0.3 is 14.4 Å². The Bertz CT molecular complexity index is 4600. The zero-order chi connectivity index (χ0) is 57.9. The highest BCUT2D eigenvalue weighted by Crippen LogP contribution is 2.51. The molecule has 3 heterocycles. The van der Waals surface area contributed by atoms with Gasteiger partial charge in [-0.3, -0.25) is 0 Å². The molecule has 0 unspecified atom stereocenters. The monoisotopic (exact) mass is 1090 g/mol. The number of aromatic nitrogens is 1. The lowest BCUT2D eigenvalue weighted by atomic mass is 9.33. The Balaban J connectivity index is 1.14. The number of nitrogens with zero attached hydrogens (tertiary/aromatic N) is 3. The van der Waals surface area contributed by atoms with Gasteiger partial charge in [0.2, 0.25) is 0 Å². The summed E-state index contributed by atoms with van der Waals surface area (Å²) in [6.45, 7) is 28.3. The molecule has 0 bridgehead atoms. The van der Waals surface area contributed by atoms with E-state index in [4.69, 9.17) is 0 Å². The number of hydrogen-bond donors (Lipinski definition) is 0. The van der Waals surface area contributed by atoms with E-state index in [9.17, 15) is 0 Å². The first-order chi connectivity index (χ1) is 40.1. The molecule has 410 valence electrons. The van der Waals surface area contributed by atoms with E-state index in [1.165, 1.54) is 149 Å². The van der Waals surface area contributed by atoms with Crippen LogP contribution in [0.5, 0.6) is 0 Å². The van der Waals surface area contributed by atoms with Gasteiger partial charge in [-0.2, -0.15) is 0 Å². The Morgan fingerprint density at radius 1 is 0.298 bits per heavy atom. The fourth-order valence-electron chi connectivity index (χ4n) is 13.9. The smallest absolute Gasteiger partial charge is 0.252 e. The lowest BCUT2D eigenvalue weighted by Gasteiger charge is -2.45. The molecule has 4 heteroatoms. The molecular formula is C80H72BN3. The largest absolute Gasteiger partial charge is 0.311 e. The molecule has 0 saturated heterocycles. The first-order valence-electron chi connectivity index (χ1n) is 30.3. The van der Waals surface area contributed by atoms with Crippen molar-refractivity contribution in [1.82, 2.24) is 4.57 Å². The van der Waals surface area contributed by atoms with Gasteiger partial charge in [0, 0.05) is 50.6 Å². The molecule has 0 saturated carbocycles. The third kappa shape index (κ3) is 8.30. The van der Waals surface area contributed by atoms with Crippen molar-refractivity contribution in [1.29, 1.82) is 0 Å². The van der Waals surface area contributed by atoms with Crippen LogP contribution in [0.25, 0.3) is 81.7 Å². The zero-order valence-corrected chi connectivity index (χ0v) is 50.7. The Kier molecular flexibility index (Phi) is 11.3. The van der Waals surface area contributed by atoms with Gasteiger partial charge in [0.15, 0.2) is 0 Å². The molecule has 3 nitrogen and oxygen atoms in total. The molecule has 84 heavy (non-hydrogen) atoms. The molecule has 2 aliphatic heterocycles. The van der Waals surface area contributed by atoms with Gasteiger partial charge in [0.1, 0.15) is 0 Å². The van der Waals surface area contributed by atoms with Gasteiger partial charge in [-0.05, 0) is 212 Å². The molecule has 15 rings (SSSR count). The molecule has 13 aromatic rings. The maximum atomic E-state index is 2.69. The van der Waals surface area contributed by atoms with Gasteiger partial charge in [0.25, 0.3) is 6.71 Å². The second-order valence-electron chi connectivity index (χ2n) is 28.4. The summed E-state index contributed by atoms with van der Waals surface area (Å²) in [7, 11) is 0. The summed E-state index contributed by atoms with van der Waals surface area (Å²) in [5.74, 6) is 0. The van der Waals surface area contributed by atoms with Crippen LogP contribution in [0.4, 0.5) is 34.1 Å². The second-order valence-corrected chi connectivity index (χ2v) is 28.4. The fraction of sp³-hybridized carbons (Fsp3) is 0.200. The SMILES string of the molecule is CC(C)(C)c1cc(N2c3cc4cc5ccccc5cc4cc3B3c4cc5cc6ccccc6cc5cc4N(c4cc(C(C)(C)C)cc(C(C)(C)C)c4)c4cc(-c5cccc6c5c5ccccc5n6-c5ccccc5)cc2c43)cc(C(C)(C)C)c1. The van der Waals surface area contributed by atoms with Crippen molar-refractivity contribution >= 4 is 122 Å². The number of fused-ring (bicyclic) bond motifs is 11. The van der Waals surface area contributed by atoms with Gasteiger partial charge in [-0.15, -0.1) is 0 Å². The van der Waals surface area contributed by atoms with Crippen molar-refractivity contribution in [3.63, 3.8) is 0 Å². The predicted molar refractivity (Wildman–Crippen MR) is 365 cm³/mol. The van der Waals surface area contributed by atoms with Crippen LogP contribution in [-0.2, 0) is 21.7 Å². The van der Waals surface area contributed by atoms with Crippen molar-refractivity contribution in [3.05, 3.63) is 241 Å². The quantitative estimate of drug-likeness (QED) is 0.129. The van der Waals surface area contributed by atoms with Crippen molar-refractivity contribution in [3.8, 4) is 16.8 Å². The number of rotatable bonds is 4. The second kappa shape index (κ2) is 18.3. The summed E-state index contributed by atoms with van der Waals surface area (Å²) < 4.78 is 2.46. The highest BCUT2D eigenvalue weighted by molar-refractivity contribution is 7.00. The number of hydrogen-bond acceptors (Lipinski definition) is 2. The number of para-hydroxylation sites is 2. The molecular weight excluding hydrogens is 1010 g/mol. The standard InChI is InChI=1S/C80H72BN3/c1-77(2,3)58-43-59(78(4,5)6)46-63(45-58)83-71-39-55-35-51-25-18-16-23-49(51)33-53(55)37-67(71)81-68-38-54-34-50-24-17-19-26-52(50)36-56(54)40-72(68)84(64-47-60(79(7,8)9)44-61(48-64)80(10,11)12)74-42-57(41-73(83)76(74)81)65-30-22-32-70-75(65)66-29-20-21-31-69(66)82(70)62-27-14-13-15-28-62/h13-48H,1-12H3. The van der Waals surface area contributed by atoms with Crippen LogP contribution in [-0.4, -0.2) is 11.3 Å². The van der Waals surface area contributed by atoms with E-state index in [1.54, 1.807) is 0 Å². The van der Waals surface area contributed by atoms with Crippen molar-refractivity contribution in [2.75, 3.05) is 9.80 Å². The maximum absolute atomic E-state index is 2.69. The van der Waals surface area contributed by atoms with Crippen LogP contribution >= 0.6 is 0 Å². The first kappa shape index (κ1) is 52.0. The lowest BCUT2D eigenvalue weighted by Crippen LogP contribution is -2.61. The highest BCUT2D eigenvalue weighted by atomic mass is 15.2. The topological polar surface area (TPSA) is 11.4 Å². The minimum Gasteiger partial charge on any atom is -0.311 e. The summed E-state index contributed by atoms with van der Waals surface area (Å²) in [6.07, 6.45) is 0. The average Bonchev–Trinajstić information content (AvgIpc) is 0.782. The first-order valence-corrected chi connectivity index (χ1v) is 30.3. The highest BCUT2D eigenvalue weighted by Gasteiger charge is 2.45. The Labute approximate surface area is 495 Å². The van der Waals surface area contributed by atoms with E-state index in [1.807, 2.05) is 0 Å². The van der Waals surface area contributed by atoms with Crippen LogP contribution in [0.1, 0.15) is 105 Å². The van der Waals surface area contributed by atoms with Gasteiger partial charge in [-0.1, -0.05) is 204 Å². The van der Waals surface area contributed by atoms with Crippen molar-refractivity contribution in [2.24, 2.45) is 0 Å². The molecule has 0 spiro atoms. The molecule has 0 atom stereocenters. The summed E-state index contributed by atoms with van der Waals surface area (Å²) >= 11 is 0. The minimum atomic E-state index is -0.121. The minimum absolute atomic E-state index is 0.118. The molecule has 0 N–H and O–H groups in total. The number of benzene rings is 12. The van der Waals surface area contributed by atoms with Crippen LogP contribution in [0, 0.1) is 0 Å².